The van der Waals surface area contributed by atoms with E-state index in [1.54, 1.807) is 24.3 Å². The molecule has 4 nitrogen and oxygen atoms in total. The maximum Gasteiger partial charge on any atom is 0.266 e. The van der Waals surface area contributed by atoms with Crippen LogP contribution in [0, 0.1) is 6.92 Å². The lowest BCUT2D eigenvalue weighted by molar-refractivity contribution is 0.477. The molecule has 0 amide bonds. The SMILES string of the molecule is Cc1ccc(S(=O)(=O)N2C(=S)NCC2c2ccccc2)cc1. The summed E-state index contributed by atoms with van der Waals surface area (Å²) in [5.74, 6) is 0. The third-order valence-electron chi connectivity index (χ3n) is 3.69. The molecule has 0 radical (unpaired) electrons. The van der Waals surface area contributed by atoms with Crippen LogP contribution in [0.4, 0.5) is 0 Å². The fourth-order valence-electron chi connectivity index (χ4n) is 2.52. The van der Waals surface area contributed by atoms with Gasteiger partial charge in [0.2, 0.25) is 0 Å². The summed E-state index contributed by atoms with van der Waals surface area (Å²) in [4.78, 5) is 0.255. The molecule has 6 heteroatoms. The number of thiocarbonyl (C=S) groups is 1. The van der Waals surface area contributed by atoms with Crippen molar-refractivity contribution in [1.82, 2.24) is 9.62 Å². The molecule has 0 spiro atoms. The van der Waals surface area contributed by atoms with Crippen LogP contribution in [0.5, 0.6) is 0 Å². The van der Waals surface area contributed by atoms with E-state index < -0.39 is 10.0 Å². The molecular formula is C16H16N2O2S2. The van der Waals surface area contributed by atoms with E-state index in [0.29, 0.717) is 6.54 Å². The standard InChI is InChI=1S/C16H16N2O2S2/c1-12-7-9-14(10-8-12)22(19,20)18-15(11-17-16(18)21)13-5-3-2-4-6-13/h2-10,15H,11H2,1H3,(H,17,21). The van der Waals surface area contributed by atoms with Gasteiger partial charge in [-0.3, -0.25) is 0 Å². The van der Waals surface area contributed by atoms with Crippen LogP contribution in [0.1, 0.15) is 17.2 Å². The van der Waals surface area contributed by atoms with Crippen molar-refractivity contribution in [2.75, 3.05) is 6.54 Å². The summed E-state index contributed by atoms with van der Waals surface area (Å²) in [6.07, 6.45) is 0. The summed E-state index contributed by atoms with van der Waals surface area (Å²) < 4.78 is 27.2. The second kappa shape index (κ2) is 5.70. The molecule has 1 fully saturated rings. The first-order valence-electron chi connectivity index (χ1n) is 6.94. The van der Waals surface area contributed by atoms with Gasteiger partial charge < -0.3 is 5.32 Å². The Hall–Kier alpha value is -1.92. The lowest BCUT2D eigenvalue weighted by Gasteiger charge is -2.24. The van der Waals surface area contributed by atoms with Crippen LogP contribution < -0.4 is 5.32 Å². The number of sulfonamides is 1. The molecule has 1 atom stereocenters. The third-order valence-corrected chi connectivity index (χ3v) is 5.97. The van der Waals surface area contributed by atoms with Gasteiger partial charge in [0.1, 0.15) is 0 Å². The lowest BCUT2D eigenvalue weighted by atomic mass is 10.1. The van der Waals surface area contributed by atoms with Gasteiger partial charge in [0.25, 0.3) is 10.0 Å². The highest BCUT2D eigenvalue weighted by atomic mass is 32.2. The van der Waals surface area contributed by atoms with Crippen LogP contribution >= 0.6 is 12.2 Å². The van der Waals surface area contributed by atoms with Gasteiger partial charge in [-0.1, -0.05) is 48.0 Å². The van der Waals surface area contributed by atoms with E-state index in [1.807, 2.05) is 37.3 Å². The molecule has 3 rings (SSSR count). The van der Waals surface area contributed by atoms with E-state index >= 15 is 0 Å². The average molecular weight is 332 g/mol. The van der Waals surface area contributed by atoms with Crippen molar-refractivity contribution in [2.45, 2.75) is 17.9 Å². The van der Waals surface area contributed by atoms with Crippen molar-refractivity contribution in [3.05, 3.63) is 65.7 Å². The number of hydrogen-bond donors (Lipinski definition) is 1. The Balaban J connectivity index is 2.03. The minimum Gasteiger partial charge on any atom is -0.359 e. The second-order valence-corrected chi connectivity index (χ2v) is 7.43. The Morgan fingerprint density at radius 3 is 2.36 bits per heavy atom. The number of nitrogens with one attached hydrogen (secondary N) is 1. The number of hydrogen-bond acceptors (Lipinski definition) is 3. The number of rotatable bonds is 3. The minimum atomic E-state index is -3.67. The Morgan fingerprint density at radius 2 is 1.73 bits per heavy atom. The summed E-state index contributed by atoms with van der Waals surface area (Å²) in [6.45, 7) is 2.40. The van der Waals surface area contributed by atoms with Crippen molar-refractivity contribution in [3.63, 3.8) is 0 Å². The van der Waals surface area contributed by atoms with Gasteiger partial charge in [0.15, 0.2) is 5.11 Å². The molecular weight excluding hydrogens is 316 g/mol. The zero-order valence-electron chi connectivity index (χ0n) is 12.1. The highest BCUT2D eigenvalue weighted by Crippen LogP contribution is 2.31. The summed E-state index contributed by atoms with van der Waals surface area (Å²) in [6, 6.07) is 16.0. The Kier molecular flexibility index (Phi) is 3.88. The highest BCUT2D eigenvalue weighted by molar-refractivity contribution is 7.91. The van der Waals surface area contributed by atoms with Crippen LogP contribution in [0.2, 0.25) is 0 Å². The second-order valence-electron chi connectivity index (χ2n) is 5.23. The molecule has 0 saturated carbocycles. The van der Waals surface area contributed by atoms with E-state index in [1.165, 1.54) is 4.31 Å². The number of benzene rings is 2. The molecule has 22 heavy (non-hydrogen) atoms. The van der Waals surface area contributed by atoms with Crippen LogP contribution in [-0.4, -0.2) is 24.4 Å². The molecule has 2 aromatic carbocycles. The van der Waals surface area contributed by atoms with Gasteiger partial charge in [0.05, 0.1) is 10.9 Å². The summed E-state index contributed by atoms with van der Waals surface area (Å²) in [5, 5.41) is 3.23. The van der Waals surface area contributed by atoms with Crippen LogP contribution in [-0.2, 0) is 10.0 Å². The summed E-state index contributed by atoms with van der Waals surface area (Å²) >= 11 is 5.23. The van der Waals surface area contributed by atoms with Gasteiger partial charge in [-0.15, -0.1) is 0 Å². The molecule has 0 aliphatic carbocycles. The lowest BCUT2D eigenvalue weighted by Crippen LogP contribution is -2.35. The van der Waals surface area contributed by atoms with Crippen molar-refractivity contribution in [3.8, 4) is 0 Å². The van der Waals surface area contributed by atoms with E-state index in [4.69, 9.17) is 12.2 Å². The number of aryl methyl sites for hydroxylation is 1. The normalized spacial score (nSPS) is 18.3. The monoisotopic (exact) mass is 332 g/mol. The fourth-order valence-corrected chi connectivity index (χ4v) is 4.54. The van der Waals surface area contributed by atoms with E-state index in [0.717, 1.165) is 11.1 Å². The van der Waals surface area contributed by atoms with Crippen molar-refractivity contribution in [2.24, 2.45) is 0 Å². The molecule has 1 saturated heterocycles. The van der Waals surface area contributed by atoms with E-state index in [-0.39, 0.29) is 16.0 Å². The Morgan fingerprint density at radius 1 is 1.09 bits per heavy atom. The molecule has 114 valence electrons. The first-order valence-corrected chi connectivity index (χ1v) is 8.79. The van der Waals surface area contributed by atoms with Crippen molar-refractivity contribution < 1.29 is 8.42 Å². The zero-order valence-corrected chi connectivity index (χ0v) is 13.7. The topological polar surface area (TPSA) is 49.4 Å². The summed E-state index contributed by atoms with van der Waals surface area (Å²) in [5.41, 5.74) is 1.94. The largest absolute Gasteiger partial charge is 0.359 e. The molecule has 1 unspecified atom stereocenters. The maximum absolute atomic E-state index is 12.9. The van der Waals surface area contributed by atoms with E-state index in [9.17, 15) is 8.42 Å². The zero-order chi connectivity index (χ0) is 15.7. The smallest absolute Gasteiger partial charge is 0.266 e. The maximum atomic E-state index is 12.9. The molecule has 2 aromatic rings. The highest BCUT2D eigenvalue weighted by Gasteiger charge is 2.38. The molecule has 1 N–H and O–H groups in total. The van der Waals surface area contributed by atoms with Crippen LogP contribution in [0.25, 0.3) is 0 Å². The van der Waals surface area contributed by atoms with Crippen molar-refractivity contribution in [1.29, 1.82) is 0 Å². The molecule has 1 heterocycles. The first-order chi connectivity index (χ1) is 10.5. The molecule has 0 bridgehead atoms. The number of nitrogens with zero attached hydrogens (tertiary/aromatic N) is 1. The third kappa shape index (κ3) is 2.60. The average Bonchev–Trinajstić information content (AvgIpc) is 2.91. The van der Waals surface area contributed by atoms with Crippen molar-refractivity contribution >= 4 is 27.4 Å². The van der Waals surface area contributed by atoms with E-state index in [2.05, 4.69) is 5.32 Å². The summed E-state index contributed by atoms with van der Waals surface area (Å²) in [7, 11) is -3.67. The van der Waals surface area contributed by atoms with Gasteiger partial charge in [-0.25, -0.2) is 12.7 Å². The Bertz CT molecular complexity index is 787. The molecule has 1 aliphatic heterocycles. The van der Waals surface area contributed by atoms with Gasteiger partial charge in [-0.05, 0) is 36.8 Å². The van der Waals surface area contributed by atoms with Crippen LogP contribution in [0.3, 0.4) is 0 Å². The molecule has 1 aliphatic rings. The first kappa shape index (κ1) is 15.0. The predicted octanol–water partition coefficient (Wildman–Crippen LogP) is 2.62. The fraction of sp³-hybridized carbons (Fsp3) is 0.188. The van der Waals surface area contributed by atoms with Gasteiger partial charge in [-0.2, -0.15) is 0 Å². The minimum absolute atomic E-state index is 0.245. The quantitative estimate of drug-likeness (QED) is 0.878. The molecule has 0 aromatic heterocycles. The van der Waals surface area contributed by atoms with Gasteiger partial charge in [0, 0.05) is 6.54 Å². The Labute approximate surface area is 135 Å². The van der Waals surface area contributed by atoms with Crippen LogP contribution in [0.15, 0.2) is 59.5 Å². The van der Waals surface area contributed by atoms with Gasteiger partial charge >= 0.3 is 0 Å². The predicted molar refractivity (Wildman–Crippen MR) is 90.0 cm³/mol.